The number of ether oxygens (including phenoxy) is 1. The Labute approximate surface area is 168 Å². The van der Waals surface area contributed by atoms with Gasteiger partial charge in [0.05, 0.1) is 19.4 Å². The minimum atomic E-state index is -3.16. The second-order valence-electron chi connectivity index (χ2n) is 7.76. The number of benzene rings is 1. The van der Waals surface area contributed by atoms with Crippen LogP contribution in [0.25, 0.3) is 0 Å². The van der Waals surface area contributed by atoms with Crippen molar-refractivity contribution < 1.29 is 13.2 Å². The molecular formula is C20H32N4O3S. The van der Waals surface area contributed by atoms with Gasteiger partial charge in [0.1, 0.15) is 6.10 Å². The molecule has 0 aromatic heterocycles. The summed E-state index contributed by atoms with van der Waals surface area (Å²) in [7, 11) is -1.39. The molecule has 0 bridgehead atoms. The zero-order valence-corrected chi connectivity index (χ0v) is 18.1. The highest BCUT2D eigenvalue weighted by molar-refractivity contribution is 7.88. The number of sulfonamides is 1. The van der Waals surface area contributed by atoms with Crippen LogP contribution in [0.4, 0.5) is 0 Å². The van der Waals surface area contributed by atoms with E-state index in [9.17, 15) is 8.42 Å². The zero-order valence-electron chi connectivity index (χ0n) is 17.3. The van der Waals surface area contributed by atoms with Gasteiger partial charge in [-0.15, -0.1) is 0 Å². The summed E-state index contributed by atoms with van der Waals surface area (Å²) in [4.78, 5) is 6.63. The molecule has 1 unspecified atom stereocenters. The second kappa shape index (κ2) is 8.80. The van der Waals surface area contributed by atoms with Crippen LogP contribution >= 0.6 is 0 Å². The van der Waals surface area contributed by atoms with Crippen LogP contribution in [0, 0.1) is 13.8 Å². The molecule has 1 aromatic rings. The van der Waals surface area contributed by atoms with Crippen LogP contribution in [0.5, 0.6) is 0 Å². The number of nitrogens with zero attached hydrogens (tertiary/aromatic N) is 3. The number of nitrogens with one attached hydrogen (secondary N) is 1. The van der Waals surface area contributed by atoms with Crippen LogP contribution in [-0.4, -0.2) is 75.7 Å². The third-order valence-corrected chi connectivity index (χ3v) is 6.93. The van der Waals surface area contributed by atoms with E-state index in [0.717, 1.165) is 31.9 Å². The average Bonchev–Trinajstić information content (AvgIpc) is 3.11. The molecule has 8 heteroatoms. The maximum absolute atomic E-state index is 12.0. The highest BCUT2D eigenvalue weighted by atomic mass is 32.2. The molecule has 0 amide bonds. The first-order valence-electron chi connectivity index (χ1n) is 9.90. The third-order valence-electron chi connectivity index (χ3n) is 5.59. The van der Waals surface area contributed by atoms with E-state index < -0.39 is 10.0 Å². The summed E-state index contributed by atoms with van der Waals surface area (Å²) in [6, 6.07) is 6.45. The lowest BCUT2D eigenvalue weighted by Crippen LogP contribution is -2.51. The standard InChI is InChI=1S/C20H32N4O3S/c1-15-7-8-18(16(2)12-15)19-14-23(10-11-27-19)20(21-3)22-13-17-6-5-9-24(17)28(4,25)26/h7-8,12,17,19H,5-6,9-11,13-14H2,1-4H3,(H,21,22)/t17-,19?/m1/s1. The fourth-order valence-electron chi connectivity index (χ4n) is 4.21. The number of rotatable bonds is 4. The van der Waals surface area contributed by atoms with Crippen molar-refractivity contribution >= 4 is 16.0 Å². The molecule has 2 saturated heterocycles. The van der Waals surface area contributed by atoms with Gasteiger partial charge in [0, 0.05) is 32.7 Å². The monoisotopic (exact) mass is 408 g/mol. The molecule has 0 radical (unpaired) electrons. The Morgan fingerprint density at radius 3 is 2.79 bits per heavy atom. The Kier molecular flexibility index (Phi) is 6.62. The van der Waals surface area contributed by atoms with Crippen LogP contribution in [-0.2, 0) is 14.8 Å². The number of aliphatic imine (C=N–C) groups is 1. The molecule has 28 heavy (non-hydrogen) atoms. The Balaban J connectivity index is 1.64. The molecule has 7 nitrogen and oxygen atoms in total. The van der Waals surface area contributed by atoms with Crippen molar-refractivity contribution in [2.45, 2.75) is 38.8 Å². The van der Waals surface area contributed by atoms with E-state index >= 15 is 0 Å². The molecule has 0 saturated carbocycles. The fraction of sp³-hybridized carbons (Fsp3) is 0.650. The highest BCUT2D eigenvalue weighted by Crippen LogP contribution is 2.26. The number of hydrogen-bond donors (Lipinski definition) is 1. The van der Waals surface area contributed by atoms with Gasteiger partial charge in [-0.05, 0) is 37.8 Å². The lowest BCUT2D eigenvalue weighted by atomic mass is 10.00. The van der Waals surface area contributed by atoms with Gasteiger partial charge in [0.25, 0.3) is 0 Å². The number of morpholine rings is 1. The molecule has 2 heterocycles. The van der Waals surface area contributed by atoms with Crippen molar-refractivity contribution in [1.29, 1.82) is 0 Å². The summed E-state index contributed by atoms with van der Waals surface area (Å²) in [6.45, 7) is 7.53. The quantitative estimate of drug-likeness (QED) is 0.606. The van der Waals surface area contributed by atoms with Gasteiger partial charge in [0.2, 0.25) is 10.0 Å². The molecule has 2 aliphatic heterocycles. The molecule has 1 aromatic carbocycles. The van der Waals surface area contributed by atoms with E-state index in [1.54, 1.807) is 11.4 Å². The van der Waals surface area contributed by atoms with Crippen molar-refractivity contribution in [3.63, 3.8) is 0 Å². The molecule has 2 fully saturated rings. The van der Waals surface area contributed by atoms with E-state index in [2.05, 4.69) is 47.3 Å². The predicted octanol–water partition coefficient (Wildman–Crippen LogP) is 1.68. The second-order valence-corrected chi connectivity index (χ2v) is 9.70. The number of hydrogen-bond acceptors (Lipinski definition) is 4. The molecule has 2 atom stereocenters. The van der Waals surface area contributed by atoms with Gasteiger partial charge in [-0.1, -0.05) is 23.8 Å². The van der Waals surface area contributed by atoms with Crippen molar-refractivity contribution in [2.75, 3.05) is 46.1 Å². The van der Waals surface area contributed by atoms with Gasteiger partial charge in [-0.3, -0.25) is 4.99 Å². The van der Waals surface area contributed by atoms with Crippen LogP contribution < -0.4 is 5.32 Å². The van der Waals surface area contributed by atoms with Gasteiger partial charge in [-0.2, -0.15) is 4.31 Å². The first-order valence-corrected chi connectivity index (χ1v) is 11.8. The van der Waals surface area contributed by atoms with Gasteiger partial charge >= 0.3 is 0 Å². The number of guanidine groups is 1. The Hall–Kier alpha value is -1.64. The van der Waals surface area contributed by atoms with Crippen LogP contribution in [0.15, 0.2) is 23.2 Å². The van der Waals surface area contributed by atoms with E-state index in [-0.39, 0.29) is 12.1 Å². The molecule has 2 aliphatic rings. The van der Waals surface area contributed by atoms with Crippen LogP contribution in [0.2, 0.25) is 0 Å². The summed E-state index contributed by atoms with van der Waals surface area (Å²) in [5.74, 6) is 0.804. The SMILES string of the molecule is CN=C(NC[C@H]1CCCN1S(C)(=O)=O)N1CCOC(c2ccc(C)cc2C)C1. The van der Waals surface area contributed by atoms with E-state index in [1.165, 1.54) is 22.9 Å². The molecule has 0 spiro atoms. The minimum Gasteiger partial charge on any atom is -0.370 e. The molecule has 0 aliphatic carbocycles. The van der Waals surface area contributed by atoms with E-state index in [0.29, 0.717) is 19.7 Å². The zero-order chi connectivity index (χ0) is 20.3. The van der Waals surface area contributed by atoms with Gasteiger partial charge < -0.3 is 15.0 Å². The van der Waals surface area contributed by atoms with Crippen LogP contribution in [0.1, 0.15) is 35.6 Å². The smallest absolute Gasteiger partial charge is 0.211 e. The predicted molar refractivity (Wildman–Crippen MR) is 112 cm³/mol. The van der Waals surface area contributed by atoms with E-state index in [4.69, 9.17) is 4.74 Å². The van der Waals surface area contributed by atoms with Crippen LogP contribution in [0.3, 0.4) is 0 Å². The lowest BCUT2D eigenvalue weighted by molar-refractivity contribution is -0.00836. The summed E-state index contributed by atoms with van der Waals surface area (Å²) in [5.41, 5.74) is 3.70. The molecule has 156 valence electrons. The Bertz CT molecular complexity index is 825. The van der Waals surface area contributed by atoms with Gasteiger partial charge in [0.15, 0.2) is 5.96 Å². The van der Waals surface area contributed by atoms with Crippen molar-refractivity contribution in [2.24, 2.45) is 4.99 Å². The summed E-state index contributed by atoms with van der Waals surface area (Å²) in [5, 5.41) is 3.39. The Morgan fingerprint density at radius 2 is 2.11 bits per heavy atom. The average molecular weight is 409 g/mol. The normalized spacial score (nSPS) is 24.6. The first-order chi connectivity index (χ1) is 13.3. The highest BCUT2D eigenvalue weighted by Gasteiger charge is 2.32. The van der Waals surface area contributed by atoms with Crippen molar-refractivity contribution in [1.82, 2.24) is 14.5 Å². The lowest BCUT2D eigenvalue weighted by Gasteiger charge is -2.36. The largest absolute Gasteiger partial charge is 0.370 e. The first kappa shape index (κ1) is 21.1. The minimum absolute atomic E-state index is 0.00639. The Morgan fingerprint density at radius 1 is 1.32 bits per heavy atom. The number of aryl methyl sites for hydroxylation is 2. The maximum atomic E-state index is 12.0. The van der Waals surface area contributed by atoms with Gasteiger partial charge in [-0.25, -0.2) is 8.42 Å². The molecule has 3 rings (SSSR count). The summed E-state index contributed by atoms with van der Waals surface area (Å²) >= 11 is 0. The summed E-state index contributed by atoms with van der Waals surface area (Å²) < 4.78 is 31.6. The van der Waals surface area contributed by atoms with Crippen molar-refractivity contribution in [3.8, 4) is 0 Å². The fourth-order valence-corrected chi connectivity index (χ4v) is 5.39. The summed E-state index contributed by atoms with van der Waals surface area (Å²) in [6.07, 6.45) is 3.08. The topological polar surface area (TPSA) is 74.2 Å². The molecular weight excluding hydrogens is 376 g/mol. The van der Waals surface area contributed by atoms with E-state index in [1.807, 2.05) is 0 Å². The van der Waals surface area contributed by atoms with Crippen molar-refractivity contribution in [3.05, 3.63) is 34.9 Å². The molecule has 1 N–H and O–H groups in total. The third kappa shape index (κ3) is 4.85. The maximum Gasteiger partial charge on any atom is 0.211 e.